The Morgan fingerprint density at radius 1 is 1.26 bits per heavy atom. The smallest absolute Gasteiger partial charge is 0.222 e. The number of amides is 2. The van der Waals surface area contributed by atoms with E-state index in [2.05, 4.69) is 10.4 Å². The zero-order chi connectivity index (χ0) is 25.0. The molecule has 0 unspecified atom stereocenters. The molecule has 1 N–H and O–H groups in total. The van der Waals surface area contributed by atoms with Crippen LogP contribution in [0.25, 0.3) is 5.69 Å². The van der Waals surface area contributed by atoms with E-state index in [4.69, 9.17) is 4.74 Å². The number of hydrogen-bond acceptors (Lipinski definition) is 4. The van der Waals surface area contributed by atoms with Crippen LogP contribution in [-0.4, -0.2) is 46.2 Å². The number of carbonyl (C=O) groups is 2. The summed E-state index contributed by atoms with van der Waals surface area (Å²) in [5, 5.41) is 7.53. The number of aromatic nitrogens is 2. The first-order valence-electron chi connectivity index (χ1n) is 11.8. The quantitative estimate of drug-likeness (QED) is 0.505. The number of nitrogens with zero attached hydrogens (tertiary/aromatic N) is 3. The molecule has 0 saturated carbocycles. The van der Waals surface area contributed by atoms with E-state index in [1.54, 1.807) is 30.3 Å². The number of hydrogen-bond donors (Lipinski definition) is 1. The molecule has 1 saturated heterocycles. The molecule has 8 heteroatoms. The highest BCUT2D eigenvalue weighted by Crippen LogP contribution is 2.31. The predicted molar refractivity (Wildman–Crippen MR) is 131 cm³/mol. The van der Waals surface area contributed by atoms with Crippen molar-refractivity contribution < 1.29 is 18.7 Å². The van der Waals surface area contributed by atoms with E-state index in [1.807, 2.05) is 42.1 Å². The summed E-state index contributed by atoms with van der Waals surface area (Å²) >= 11 is 0. The van der Waals surface area contributed by atoms with Gasteiger partial charge < -0.3 is 15.0 Å². The van der Waals surface area contributed by atoms with Crippen molar-refractivity contribution in [1.82, 2.24) is 20.0 Å². The third kappa shape index (κ3) is 5.70. The summed E-state index contributed by atoms with van der Waals surface area (Å²) < 4.78 is 20.7. The number of nitrogens with one attached hydrogen (secondary N) is 1. The minimum absolute atomic E-state index is 0.00847. The maximum atomic E-state index is 13.8. The van der Waals surface area contributed by atoms with Gasteiger partial charge in [-0.05, 0) is 55.5 Å². The van der Waals surface area contributed by atoms with Crippen molar-refractivity contribution in [3.8, 4) is 11.4 Å². The fourth-order valence-electron chi connectivity index (χ4n) is 4.68. The molecule has 0 spiro atoms. The zero-order valence-electron chi connectivity index (χ0n) is 20.4. The van der Waals surface area contributed by atoms with Gasteiger partial charge in [0.2, 0.25) is 11.8 Å². The summed E-state index contributed by atoms with van der Waals surface area (Å²) in [7, 11) is 3.20. The number of methoxy groups -OCH3 is 1. The molecule has 1 atom stereocenters. The Morgan fingerprint density at radius 2 is 2.06 bits per heavy atom. The Bertz CT molecular complexity index is 1220. The molecule has 1 aromatic heterocycles. The normalized spacial score (nSPS) is 17.3. The Kier molecular flexibility index (Phi) is 7.19. The van der Waals surface area contributed by atoms with E-state index in [1.165, 1.54) is 13.2 Å². The van der Waals surface area contributed by atoms with E-state index in [0.717, 1.165) is 22.4 Å². The maximum Gasteiger partial charge on any atom is 0.222 e. The molecule has 184 valence electrons. The minimum atomic E-state index is -0.536. The van der Waals surface area contributed by atoms with Crippen molar-refractivity contribution in [3.05, 3.63) is 77.4 Å². The van der Waals surface area contributed by atoms with Gasteiger partial charge in [-0.2, -0.15) is 5.10 Å². The SMILES string of the molecule is COc1cc(C[C@@]2(CCC(=O)N(C)Cc3cnn(-c4ccccc4C)c3)CCC(=O)N2)ccc1F. The van der Waals surface area contributed by atoms with Crippen LogP contribution < -0.4 is 10.1 Å². The lowest BCUT2D eigenvalue weighted by Gasteiger charge is -2.30. The molecule has 35 heavy (non-hydrogen) atoms. The fraction of sp³-hybridized carbons (Fsp3) is 0.370. The van der Waals surface area contributed by atoms with Gasteiger partial charge in [-0.25, -0.2) is 9.07 Å². The van der Waals surface area contributed by atoms with E-state index in [0.29, 0.717) is 38.6 Å². The van der Waals surface area contributed by atoms with Crippen molar-refractivity contribution in [1.29, 1.82) is 0 Å². The fourth-order valence-corrected chi connectivity index (χ4v) is 4.68. The van der Waals surface area contributed by atoms with Crippen LogP contribution in [0.15, 0.2) is 54.9 Å². The topological polar surface area (TPSA) is 76.5 Å². The molecule has 2 heterocycles. The molecule has 7 nitrogen and oxygen atoms in total. The Labute approximate surface area is 204 Å². The van der Waals surface area contributed by atoms with Crippen LogP contribution in [0.3, 0.4) is 0 Å². The van der Waals surface area contributed by atoms with Gasteiger partial charge in [-0.3, -0.25) is 9.59 Å². The van der Waals surface area contributed by atoms with Crippen LogP contribution in [0.5, 0.6) is 5.75 Å². The molecule has 3 aromatic rings. The molecule has 0 bridgehead atoms. The molecule has 2 amide bonds. The van der Waals surface area contributed by atoms with Crippen LogP contribution in [-0.2, 0) is 22.6 Å². The third-order valence-electron chi connectivity index (χ3n) is 6.65. The van der Waals surface area contributed by atoms with Crippen molar-refractivity contribution in [2.45, 2.75) is 51.1 Å². The van der Waals surface area contributed by atoms with Gasteiger partial charge in [0.25, 0.3) is 0 Å². The summed E-state index contributed by atoms with van der Waals surface area (Å²) in [6.45, 7) is 2.48. The lowest BCUT2D eigenvalue weighted by Crippen LogP contribution is -2.44. The molecule has 2 aromatic carbocycles. The van der Waals surface area contributed by atoms with Gasteiger partial charge in [0, 0.05) is 43.7 Å². The van der Waals surface area contributed by atoms with Crippen LogP contribution in [0.1, 0.15) is 42.4 Å². The number of para-hydroxylation sites is 1. The number of carbonyl (C=O) groups excluding carboxylic acids is 2. The Balaban J connectivity index is 1.39. The van der Waals surface area contributed by atoms with Crippen LogP contribution >= 0.6 is 0 Å². The van der Waals surface area contributed by atoms with E-state index in [-0.39, 0.29) is 17.6 Å². The number of benzene rings is 2. The molecule has 4 rings (SSSR count). The first kappa shape index (κ1) is 24.4. The van der Waals surface area contributed by atoms with Crippen molar-refractivity contribution in [2.24, 2.45) is 0 Å². The van der Waals surface area contributed by atoms with E-state index >= 15 is 0 Å². The lowest BCUT2D eigenvalue weighted by molar-refractivity contribution is -0.131. The Hall–Kier alpha value is -3.68. The molecular weight excluding hydrogens is 447 g/mol. The van der Waals surface area contributed by atoms with Gasteiger partial charge in [0.15, 0.2) is 11.6 Å². The van der Waals surface area contributed by atoms with E-state index in [9.17, 15) is 14.0 Å². The highest BCUT2D eigenvalue weighted by molar-refractivity contribution is 5.80. The average molecular weight is 479 g/mol. The van der Waals surface area contributed by atoms with Crippen LogP contribution in [0.2, 0.25) is 0 Å². The van der Waals surface area contributed by atoms with Gasteiger partial charge in [-0.1, -0.05) is 24.3 Å². The number of aryl methyl sites for hydroxylation is 1. The second kappa shape index (κ2) is 10.3. The second-order valence-electron chi connectivity index (χ2n) is 9.30. The summed E-state index contributed by atoms with van der Waals surface area (Å²) in [6.07, 6.45) is 6.07. The number of halogens is 1. The number of ether oxygens (including phenoxy) is 1. The van der Waals surface area contributed by atoms with Gasteiger partial charge >= 0.3 is 0 Å². The second-order valence-corrected chi connectivity index (χ2v) is 9.30. The van der Waals surface area contributed by atoms with Crippen molar-refractivity contribution in [3.63, 3.8) is 0 Å². The third-order valence-corrected chi connectivity index (χ3v) is 6.65. The standard InChI is InChI=1S/C27H31FN4O3/c1-19-6-4-5-7-23(19)32-18-21(16-29-32)17-31(2)26(34)11-13-27(12-10-25(33)30-27)15-20-8-9-22(28)24(14-20)35-3/h4-9,14,16,18H,10-13,15,17H2,1-3H3,(H,30,33)/t27-/m0/s1. The van der Waals surface area contributed by atoms with Gasteiger partial charge in [-0.15, -0.1) is 0 Å². The molecule has 1 fully saturated rings. The zero-order valence-corrected chi connectivity index (χ0v) is 20.4. The molecule has 1 aliphatic heterocycles. The van der Waals surface area contributed by atoms with Crippen LogP contribution in [0, 0.1) is 12.7 Å². The molecule has 0 radical (unpaired) electrons. The maximum absolute atomic E-state index is 13.8. The van der Waals surface area contributed by atoms with Crippen molar-refractivity contribution >= 4 is 11.8 Å². The summed E-state index contributed by atoms with van der Waals surface area (Å²) in [5.74, 6) is -0.290. The average Bonchev–Trinajstić information content (AvgIpc) is 3.45. The predicted octanol–water partition coefficient (Wildman–Crippen LogP) is 3.96. The first-order valence-corrected chi connectivity index (χ1v) is 11.8. The number of rotatable bonds is 9. The molecule has 0 aliphatic carbocycles. The summed E-state index contributed by atoms with van der Waals surface area (Å²) in [6, 6.07) is 12.7. The minimum Gasteiger partial charge on any atom is -0.494 e. The highest BCUT2D eigenvalue weighted by Gasteiger charge is 2.38. The van der Waals surface area contributed by atoms with E-state index < -0.39 is 11.4 Å². The van der Waals surface area contributed by atoms with Crippen LogP contribution in [0.4, 0.5) is 4.39 Å². The largest absolute Gasteiger partial charge is 0.494 e. The van der Waals surface area contributed by atoms with Gasteiger partial charge in [0.1, 0.15) is 0 Å². The molecule has 1 aliphatic rings. The monoisotopic (exact) mass is 478 g/mol. The summed E-state index contributed by atoms with van der Waals surface area (Å²) in [5.41, 5.74) is 3.38. The van der Waals surface area contributed by atoms with Gasteiger partial charge in [0.05, 0.1) is 19.0 Å². The first-order chi connectivity index (χ1) is 16.8. The Morgan fingerprint density at radius 3 is 2.77 bits per heavy atom. The van der Waals surface area contributed by atoms with Crippen molar-refractivity contribution in [2.75, 3.05) is 14.2 Å². The molecular formula is C27H31FN4O3. The highest BCUT2D eigenvalue weighted by atomic mass is 19.1. The summed E-state index contributed by atoms with van der Waals surface area (Å²) in [4.78, 5) is 26.7. The lowest BCUT2D eigenvalue weighted by atomic mass is 9.84.